The van der Waals surface area contributed by atoms with Crippen LogP contribution in [0, 0.1) is 0 Å². The number of aryl methyl sites for hydroxylation is 1. The molecule has 2 aromatic carbocycles. The van der Waals surface area contributed by atoms with E-state index in [1.54, 1.807) is 0 Å². The summed E-state index contributed by atoms with van der Waals surface area (Å²) in [4.78, 5) is 11.0. The zero-order chi connectivity index (χ0) is 14.4. The summed E-state index contributed by atoms with van der Waals surface area (Å²) in [7, 11) is 0. The van der Waals surface area contributed by atoms with Gasteiger partial charge in [0.25, 0.3) is 0 Å². The lowest BCUT2D eigenvalue weighted by Gasteiger charge is -2.15. The monoisotopic (exact) mass is 288 g/mol. The van der Waals surface area contributed by atoms with Gasteiger partial charge >= 0.3 is 5.97 Å². The number of halogens is 1. The fourth-order valence-corrected chi connectivity index (χ4v) is 2.57. The molecule has 0 heterocycles. The van der Waals surface area contributed by atoms with Gasteiger partial charge < -0.3 is 5.11 Å². The van der Waals surface area contributed by atoms with Crippen molar-refractivity contribution in [2.45, 2.75) is 25.2 Å². The molecule has 0 aliphatic heterocycles. The van der Waals surface area contributed by atoms with Crippen LogP contribution in [0.4, 0.5) is 0 Å². The third-order valence-corrected chi connectivity index (χ3v) is 3.60. The third-order valence-electron chi connectivity index (χ3n) is 3.36. The first-order valence-electron chi connectivity index (χ1n) is 6.66. The normalized spacial score (nSPS) is 12.1. The number of carboxylic acid groups (broad SMARTS) is 1. The molecule has 0 amide bonds. The Hall–Kier alpha value is -1.80. The van der Waals surface area contributed by atoms with Gasteiger partial charge in [0, 0.05) is 5.02 Å². The minimum atomic E-state index is -0.759. The van der Waals surface area contributed by atoms with E-state index in [0.717, 1.165) is 29.0 Å². The van der Waals surface area contributed by atoms with Crippen molar-refractivity contribution in [3.63, 3.8) is 0 Å². The predicted molar refractivity (Wildman–Crippen MR) is 81.2 cm³/mol. The molecular weight excluding hydrogens is 272 g/mol. The SMILES string of the molecule is O=C(O)C[C@@H](CCc1cccc(Cl)c1)c1ccccc1. The van der Waals surface area contributed by atoms with Crippen LogP contribution in [-0.2, 0) is 11.2 Å². The number of aliphatic carboxylic acids is 1. The molecule has 1 N–H and O–H groups in total. The van der Waals surface area contributed by atoms with E-state index in [4.69, 9.17) is 16.7 Å². The highest BCUT2D eigenvalue weighted by molar-refractivity contribution is 6.30. The molecule has 0 spiro atoms. The summed E-state index contributed by atoms with van der Waals surface area (Å²) < 4.78 is 0. The van der Waals surface area contributed by atoms with Gasteiger partial charge in [-0.1, -0.05) is 54.1 Å². The first-order valence-corrected chi connectivity index (χ1v) is 7.04. The molecule has 0 aromatic heterocycles. The van der Waals surface area contributed by atoms with Gasteiger partial charge in [-0.3, -0.25) is 4.79 Å². The summed E-state index contributed by atoms with van der Waals surface area (Å²) >= 11 is 5.97. The highest BCUT2D eigenvalue weighted by Crippen LogP contribution is 2.25. The quantitative estimate of drug-likeness (QED) is 0.848. The molecule has 2 aromatic rings. The van der Waals surface area contributed by atoms with E-state index in [1.807, 2.05) is 54.6 Å². The topological polar surface area (TPSA) is 37.3 Å². The Balaban J connectivity index is 2.07. The van der Waals surface area contributed by atoms with Gasteiger partial charge in [-0.15, -0.1) is 0 Å². The molecule has 0 aliphatic rings. The zero-order valence-corrected chi connectivity index (χ0v) is 11.9. The number of rotatable bonds is 6. The van der Waals surface area contributed by atoms with Crippen LogP contribution in [0.15, 0.2) is 54.6 Å². The van der Waals surface area contributed by atoms with Crippen molar-refractivity contribution in [2.24, 2.45) is 0 Å². The van der Waals surface area contributed by atoms with E-state index in [1.165, 1.54) is 0 Å². The second-order valence-electron chi connectivity index (χ2n) is 4.87. The maximum atomic E-state index is 11.0. The number of carboxylic acids is 1. The average molecular weight is 289 g/mol. The molecule has 3 heteroatoms. The molecule has 0 unspecified atom stereocenters. The van der Waals surface area contributed by atoms with Crippen molar-refractivity contribution in [1.29, 1.82) is 0 Å². The molecule has 2 nitrogen and oxygen atoms in total. The summed E-state index contributed by atoms with van der Waals surface area (Å²) in [6.45, 7) is 0. The molecule has 0 radical (unpaired) electrons. The summed E-state index contributed by atoms with van der Waals surface area (Å²) in [6.07, 6.45) is 1.79. The Morgan fingerprint density at radius 3 is 2.50 bits per heavy atom. The van der Waals surface area contributed by atoms with Crippen LogP contribution < -0.4 is 0 Å². The molecule has 20 heavy (non-hydrogen) atoms. The number of hydrogen-bond donors (Lipinski definition) is 1. The van der Waals surface area contributed by atoms with Crippen molar-refractivity contribution < 1.29 is 9.90 Å². The van der Waals surface area contributed by atoms with Crippen molar-refractivity contribution >= 4 is 17.6 Å². The number of carbonyl (C=O) groups is 1. The van der Waals surface area contributed by atoms with E-state index in [9.17, 15) is 4.79 Å². The van der Waals surface area contributed by atoms with Gasteiger partial charge in [-0.2, -0.15) is 0 Å². The smallest absolute Gasteiger partial charge is 0.303 e. The van der Waals surface area contributed by atoms with E-state index in [2.05, 4.69) is 0 Å². The van der Waals surface area contributed by atoms with E-state index < -0.39 is 5.97 Å². The molecule has 0 bridgehead atoms. The summed E-state index contributed by atoms with van der Waals surface area (Å²) in [6, 6.07) is 17.5. The molecule has 1 atom stereocenters. The molecule has 104 valence electrons. The average Bonchev–Trinajstić information content (AvgIpc) is 2.44. The van der Waals surface area contributed by atoms with Crippen molar-refractivity contribution in [1.82, 2.24) is 0 Å². The molecule has 0 saturated carbocycles. The first kappa shape index (κ1) is 14.6. The van der Waals surface area contributed by atoms with Crippen LogP contribution in [0.25, 0.3) is 0 Å². The van der Waals surface area contributed by atoms with Crippen molar-refractivity contribution in [2.75, 3.05) is 0 Å². The lowest BCUT2D eigenvalue weighted by Crippen LogP contribution is -2.07. The first-order chi connectivity index (χ1) is 9.65. The third kappa shape index (κ3) is 4.39. The van der Waals surface area contributed by atoms with E-state index in [-0.39, 0.29) is 12.3 Å². The van der Waals surface area contributed by atoms with Crippen LogP contribution in [-0.4, -0.2) is 11.1 Å². The Labute approximate surface area is 124 Å². The van der Waals surface area contributed by atoms with Crippen LogP contribution in [0.3, 0.4) is 0 Å². The molecule has 2 rings (SSSR count). The van der Waals surface area contributed by atoms with Crippen LogP contribution in [0.2, 0.25) is 5.02 Å². The maximum absolute atomic E-state index is 11.0. The zero-order valence-electron chi connectivity index (χ0n) is 11.1. The van der Waals surface area contributed by atoms with Crippen molar-refractivity contribution in [3.05, 3.63) is 70.7 Å². The van der Waals surface area contributed by atoms with E-state index in [0.29, 0.717) is 0 Å². The van der Waals surface area contributed by atoms with Gasteiger partial charge in [-0.25, -0.2) is 0 Å². The predicted octanol–water partition coefficient (Wildman–Crippen LogP) is 4.53. The maximum Gasteiger partial charge on any atom is 0.303 e. The highest BCUT2D eigenvalue weighted by atomic mass is 35.5. The standard InChI is InChI=1S/C17H17ClO2/c18-16-8-4-5-13(11-16)9-10-15(12-17(19)20)14-6-2-1-3-7-14/h1-8,11,15H,9-10,12H2,(H,19,20)/t15-/m1/s1. The number of hydrogen-bond acceptors (Lipinski definition) is 1. The molecule has 0 saturated heterocycles. The van der Waals surface area contributed by atoms with Gasteiger partial charge in [0.15, 0.2) is 0 Å². The van der Waals surface area contributed by atoms with Gasteiger partial charge in [0.1, 0.15) is 0 Å². The fourth-order valence-electron chi connectivity index (χ4n) is 2.36. The van der Waals surface area contributed by atoms with Crippen LogP contribution in [0.1, 0.15) is 29.9 Å². The molecule has 0 aliphatic carbocycles. The minimum absolute atomic E-state index is 0.0349. The number of benzene rings is 2. The Morgan fingerprint density at radius 2 is 1.85 bits per heavy atom. The van der Waals surface area contributed by atoms with Gasteiger partial charge in [0.2, 0.25) is 0 Å². The van der Waals surface area contributed by atoms with Gasteiger partial charge in [0.05, 0.1) is 6.42 Å². The summed E-state index contributed by atoms with van der Waals surface area (Å²) in [5.41, 5.74) is 2.22. The van der Waals surface area contributed by atoms with Crippen molar-refractivity contribution in [3.8, 4) is 0 Å². The minimum Gasteiger partial charge on any atom is -0.481 e. The lowest BCUT2D eigenvalue weighted by atomic mass is 9.90. The van der Waals surface area contributed by atoms with Crippen LogP contribution in [0.5, 0.6) is 0 Å². The Morgan fingerprint density at radius 1 is 1.10 bits per heavy atom. The second kappa shape index (κ2) is 7.11. The second-order valence-corrected chi connectivity index (χ2v) is 5.31. The van der Waals surface area contributed by atoms with E-state index >= 15 is 0 Å². The molecule has 0 fully saturated rings. The lowest BCUT2D eigenvalue weighted by molar-refractivity contribution is -0.137. The highest BCUT2D eigenvalue weighted by Gasteiger charge is 2.15. The Bertz CT molecular complexity index is 566. The molecular formula is C17H17ClO2. The summed E-state index contributed by atoms with van der Waals surface area (Å²) in [5, 5.41) is 9.78. The Kier molecular flexibility index (Phi) is 5.19. The largest absolute Gasteiger partial charge is 0.481 e. The van der Waals surface area contributed by atoms with Crippen LogP contribution >= 0.6 is 11.6 Å². The van der Waals surface area contributed by atoms with Gasteiger partial charge in [-0.05, 0) is 42.0 Å². The summed E-state index contributed by atoms with van der Waals surface area (Å²) in [5.74, 6) is -0.724. The fraction of sp³-hybridized carbons (Fsp3) is 0.235.